The number of nitrogens with one attached hydrogen (secondary N) is 3. The Labute approximate surface area is 344 Å². The number of piperidine rings is 1. The number of H-pyrrole nitrogens is 1. The van der Waals surface area contributed by atoms with Crippen LogP contribution in [-0.2, 0) is 28.1 Å². The van der Waals surface area contributed by atoms with Crippen LogP contribution in [0.1, 0.15) is 56.7 Å². The Morgan fingerprint density at radius 2 is 1.73 bits per heavy atom. The van der Waals surface area contributed by atoms with Crippen LogP contribution >= 0.6 is 0 Å². The number of aromatic amines is 1. The fraction of sp³-hybridized carbons (Fsp3) is 0.302. The highest BCUT2D eigenvalue weighted by Crippen LogP contribution is 2.33. The third kappa shape index (κ3) is 7.41. The van der Waals surface area contributed by atoms with Crippen LogP contribution in [0.2, 0.25) is 0 Å². The summed E-state index contributed by atoms with van der Waals surface area (Å²) >= 11 is 0. The number of alkyl halides is 1. The van der Waals surface area contributed by atoms with Gasteiger partial charge in [0.1, 0.15) is 23.7 Å². The number of rotatable bonds is 10. The molecule has 3 aromatic carbocycles. The Balaban J connectivity index is 0.841. The zero-order chi connectivity index (χ0) is 41.9. The molecule has 0 radical (unpaired) electrons. The molecule has 3 N–H and O–H groups in total. The second kappa shape index (κ2) is 15.5. The van der Waals surface area contributed by atoms with Gasteiger partial charge in [0.2, 0.25) is 11.7 Å². The molecular formula is C43H41F3N8O5S. The van der Waals surface area contributed by atoms with Gasteiger partial charge in [-0.15, -0.1) is 0 Å². The maximum Gasteiger partial charge on any atom is 0.301 e. The number of halogens is 3. The van der Waals surface area contributed by atoms with Crippen molar-refractivity contribution < 1.29 is 36.0 Å². The Hall–Kier alpha value is -6.04. The topological polar surface area (TPSA) is 151 Å². The van der Waals surface area contributed by atoms with Crippen molar-refractivity contribution in [2.24, 2.45) is 0 Å². The van der Waals surface area contributed by atoms with Crippen molar-refractivity contribution in [3.63, 3.8) is 0 Å². The summed E-state index contributed by atoms with van der Waals surface area (Å²) in [5.41, 5.74) is 4.58. The summed E-state index contributed by atoms with van der Waals surface area (Å²) in [5, 5.41) is 3.11. The number of carbonyl (C=O) groups excluding carboxylic acids is 3. The number of amides is 2. The van der Waals surface area contributed by atoms with Crippen molar-refractivity contribution in [2.75, 3.05) is 48.9 Å². The highest BCUT2D eigenvalue weighted by atomic mass is 32.2. The Kier molecular flexibility index (Phi) is 10.2. The van der Waals surface area contributed by atoms with Gasteiger partial charge < -0.3 is 20.1 Å². The summed E-state index contributed by atoms with van der Waals surface area (Å²) in [4.78, 5) is 53.2. The number of nitrogens with zero attached hydrogens (tertiary/aromatic N) is 5. The van der Waals surface area contributed by atoms with Crippen LogP contribution in [0, 0.1) is 11.6 Å². The molecule has 60 heavy (non-hydrogen) atoms. The van der Waals surface area contributed by atoms with Gasteiger partial charge in [0.05, 0.1) is 11.3 Å². The average molecular weight is 839 g/mol. The van der Waals surface area contributed by atoms with Gasteiger partial charge in [0, 0.05) is 98.2 Å². The third-order valence-corrected chi connectivity index (χ3v) is 13.3. The van der Waals surface area contributed by atoms with Crippen molar-refractivity contribution >= 4 is 50.2 Å². The lowest BCUT2D eigenvalue weighted by Crippen LogP contribution is -2.49. The van der Waals surface area contributed by atoms with Crippen LogP contribution in [-0.4, -0.2) is 102 Å². The molecule has 2 aromatic heterocycles. The zero-order valence-electron chi connectivity index (χ0n) is 32.4. The van der Waals surface area contributed by atoms with E-state index in [2.05, 4.69) is 37.7 Å². The van der Waals surface area contributed by atoms with Crippen molar-refractivity contribution in [3.05, 3.63) is 125 Å². The molecular weight excluding hydrogens is 798 g/mol. The quantitative estimate of drug-likeness (QED) is 0.156. The molecule has 2 atom stereocenters. The Morgan fingerprint density at radius 3 is 2.47 bits per heavy atom. The van der Waals surface area contributed by atoms with Gasteiger partial charge in [-0.25, -0.2) is 18.2 Å². The summed E-state index contributed by atoms with van der Waals surface area (Å²) in [6.45, 7) is 7.76. The monoisotopic (exact) mass is 838 g/mol. The van der Waals surface area contributed by atoms with E-state index in [1.165, 1.54) is 6.20 Å². The van der Waals surface area contributed by atoms with Gasteiger partial charge in [0.15, 0.2) is 5.82 Å². The molecule has 1 unspecified atom stereocenters. The summed E-state index contributed by atoms with van der Waals surface area (Å²) in [5.74, 6) is -3.86. The number of piperazine rings is 1. The first-order valence-corrected chi connectivity index (χ1v) is 21.2. The van der Waals surface area contributed by atoms with E-state index in [0.717, 1.165) is 71.5 Å². The fourth-order valence-corrected chi connectivity index (χ4v) is 9.76. The first-order chi connectivity index (χ1) is 28.8. The molecule has 0 bridgehead atoms. The lowest BCUT2D eigenvalue weighted by Gasteiger charge is -2.36. The lowest BCUT2D eigenvalue weighted by atomic mass is 9.99. The van der Waals surface area contributed by atoms with Crippen LogP contribution in [0.4, 0.5) is 24.5 Å². The van der Waals surface area contributed by atoms with E-state index in [1.807, 2.05) is 41.1 Å². The molecule has 4 aliphatic heterocycles. The summed E-state index contributed by atoms with van der Waals surface area (Å²) in [6, 6.07) is 16.8. The summed E-state index contributed by atoms with van der Waals surface area (Å²) in [6.07, 6.45) is 2.81. The van der Waals surface area contributed by atoms with Gasteiger partial charge in [0.25, 0.3) is 5.91 Å². The van der Waals surface area contributed by atoms with E-state index < -0.39 is 51.1 Å². The molecule has 310 valence electrons. The van der Waals surface area contributed by atoms with Crippen molar-refractivity contribution in [1.29, 1.82) is 0 Å². The van der Waals surface area contributed by atoms with E-state index in [0.29, 0.717) is 47.2 Å². The van der Waals surface area contributed by atoms with Crippen LogP contribution in [0.15, 0.2) is 85.3 Å². The average Bonchev–Trinajstić information content (AvgIpc) is 3.96. The second-order valence-corrected chi connectivity index (χ2v) is 17.3. The molecule has 9 rings (SSSR count). The largest absolute Gasteiger partial charge is 0.369 e. The summed E-state index contributed by atoms with van der Waals surface area (Å²) < 4.78 is 72.9. The van der Waals surface area contributed by atoms with Crippen LogP contribution in [0.5, 0.6) is 0 Å². The number of hydrogen-bond acceptors (Lipinski definition) is 8. The molecule has 5 aromatic rings. The normalized spacial score (nSPS) is 20.2. The number of fused-ring (bicyclic) bond motifs is 2. The molecule has 6 heterocycles. The highest BCUT2D eigenvalue weighted by Gasteiger charge is 2.39. The molecule has 0 aliphatic carbocycles. The number of anilines is 2. The smallest absolute Gasteiger partial charge is 0.301 e. The number of pyridine rings is 1. The fourth-order valence-electron chi connectivity index (χ4n) is 8.50. The second-order valence-electron chi connectivity index (χ2n) is 15.7. The minimum absolute atomic E-state index is 0.00252. The summed E-state index contributed by atoms with van der Waals surface area (Å²) in [7, 11) is -4.35. The molecule has 0 spiro atoms. The first kappa shape index (κ1) is 39.4. The maximum atomic E-state index is 15.7. The van der Waals surface area contributed by atoms with E-state index in [4.69, 9.17) is 0 Å². The lowest BCUT2D eigenvalue weighted by molar-refractivity contribution is -0.126. The SMILES string of the molecule is C=C1CCC(N2Cc3cc(N4CCN(Cc5ccc(-c6cnc7[nH]cc(C(=O)c8c(F)ccc(NS(=O)(=O)N9CC[C@@H](F)C9)c8F)c7c6)cc5)CC4)ccc3C2=O)C(=O)N1. The van der Waals surface area contributed by atoms with E-state index in [1.54, 1.807) is 17.2 Å². The van der Waals surface area contributed by atoms with Gasteiger partial charge in [-0.3, -0.25) is 24.0 Å². The molecule has 4 aliphatic rings. The molecule has 13 nitrogen and oxygen atoms in total. The maximum absolute atomic E-state index is 15.7. The third-order valence-electron chi connectivity index (χ3n) is 11.8. The van der Waals surface area contributed by atoms with Gasteiger partial charge in [-0.2, -0.15) is 12.7 Å². The van der Waals surface area contributed by atoms with Gasteiger partial charge in [-0.05, 0) is 72.4 Å². The number of carbonyl (C=O) groups is 3. The standard InChI is InChI=1S/C43H41F3N8O5S/c1-25-2-11-37(42(56)49-25)54-23-29-18-31(7-8-32(29)43(54)57)52-16-14-51(15-17-52)22-26-3-5-27(6-4-26)28-19-33-34(21-48-41(33)47-20-28)40(55)38-35(45)9-10-36(39(38)46)50-60(58,59)53-13-12-30(44)24-53/h3-10,18-21,30,37,50H,1-2,11-17,22-24H2,(H,47,48)(H,49,56)/t30-,37?/m1/s1. The van der Waals surface area contributed by atoms with E-state index >= 15 is 8.78 Å². The highest BCUT2D eigenvalue weighted by molar-refractivity contribution is 7.90. The van der Waals surface area contributed by atoms with Crippen LogP contribution < -0.4 is 14.9 Å². The minimum Gasteiger partial charge on any atom is -0.369 e. The Bertz CT molecular complexity index is 2680. The number of hydrogen-bond donors (Lipinski definition) is 3. The first-order valence-electron chi connectivity index (χ1n) is 19.7. The van der Waals surface area contributed by atoms with Crippen molar-refractivity contribution in [2.45, 2.75) is 44.6 Å². The number of benzene rings is 3. The minimum atomic E-state index is -4.35. The van der Waals surface area contributed by atoms with Crippen LogP contribution in [0.25, 0.3) is 22.2 Å². The number of allylic oxidation sites excluding steroid dienone is 1. The zero-order valence-corrected chi connectivity index (χ0v) is 33.2. The van der Waals surface area contributed by atoms with Crippen molar-refractivity contribution in [1.82, 2.24) is 29.4 Å². The van der Waals surface area contributed by atoms with Crippen molar-refractivity contribution in [3.8, 4) is 11.1 Å². The molecule has 3 saturated heterocycles. The van der Waals surface area contributed by atoms with E-state index in [9.17, 15) is 27.2 Å². The number of aromatic nitrogens is 2. The predicted octanol–water partition coefficient (Wildman–Crippen LogP) is 5.51. The molecule has 3 fully saturated rings. The predicted molar refractivity (Wildman–Crippen MR) is 219 cm³/mol. The Morgan fingerprint density at radius 1 is 0.950 bits per heavy atom. The van der Waals surface area contributed by atoms with E-state index in [-0.39, 0.29) is 36.9 Å². The van der Waals surface area contributed by atoms with Gasteiger partial charge in [-0.1, -0.05) is 30.8 Å². The molecule has 0 saturated carbocycles. The number of ketones is 1. The molecule has 17 heteroatoms. The molecule has 2 amide bonds. The van der Waals surface area contributed by atoms with Crippen LogP contribution in [0.3, 0.4) is 0 Å². The van der Waals surface area contributed by atoms with Gasteiger partial charge >= 0.3 is 10.2 Å².